The standard InChI is InChI=1S/C18H35N5O.HI/c1-6-19-18(21-10-9-20-17(24)15(4)5)22-16-7-11-23(12-8-16)13-14(2)3;/h15-16H,2,6-13H2,1,3-5H3,(H,20,24)(H2,19,21,22);1H. The lowest BCUT2D eigenvalue weighted by Crippen LogP contribution is -2.49. The highest BCUT2D eigenvalue weighted by molar-refractivity contribution is 14.0. The number of carbonyl (C=O) groups is 1. The molecule has 0 aromatic carbocycles. The van der Waals surface area contributed by atoms with Crippen LogP contribution >= 0.6 is 24.0 Å². The van der Waals surface area contributed by atoms with Gasteiger partial charge in [-0.3, -0.25) is 14.7 Å². The lowest BCUT2D eigenvalue weighted by molar-refractivity contribution is -0.123. The topological polar surface area (TPSA) is 68.8 Å². The van der Waals surface area contributed by atoms with Gasteiger partial charge in [-0.05, 0) is 26.7 Å². The number of hydrogen-bond donors (Lipinski definition) is 3. The molecule has 1 saturated heterocycles. The van der Waals surface area contributed by atoms with E-state index in [4.69, 9.17) is 0 Å². The Labute approximate surface area is 170 Å². The van der Waals surface area contributed by atoms with Gasteiger partial charge in [-0.25, -0.2) is 0 Å². The zero-order valence-electron chi connectivity index (χ0n) is 16.2. The van der Waals surface area contributed by atoms with Gasteiger partial charge in [0.2, 0.25) is 5.91 Å². The van der Waals surface area contributed by atoms with E-state index in [1.165, 1.54) is 5.57 Å². The molecule has 1 aliphatic rings. The molecule has 146 valence electrons. The number of hydrogen-bond acceptors (Lipinski definition) is 3. The first-order valence-electron chi connectivity index (χ1n) is 9.11. The van der Waals surface area contributed by atoms with Crippen LogP contribution in [0.3, 0.4) is 0 Å². The average Bonchev–Trinajstić information content (AvgIpc) is 2.52. The maximum absolute atomic E-state index is 11.5. The Bertz CT molecular complexity index is 431. The molecule has 0 aliphatic carbocycles. The van der Waals surface area contributed by atoms with Gasteiger partial charge >= 0.3 is 0 Å². The summed E-state index contributed by atoms with van der Waals surface area (Å²) in [4.78, 5) is 18.5. The van der Waals surface area contributed by atoms with Gasteiger partial charge in [0.15, 0.2) is 5.96 Å². The Morgan fingerprint density at radius 1 is 1.28 bits per heavy atom. The number of guanidine groups is 1. The second kappa shape index (κ2) is 13.4. The van der Waals surface area contributed by atoms with Crippen molar-refractivity contribution >= 4 is 35.8 Å². The second-order valence-electron chi connectivity index (χ2n) is 6.86. The van der Waals surface area contributed by atoms with Crippen LogP contribution in [0.4, 0.5) is 0 Å². The number of amides is 1. The van der Waals surface area contributed by atoms with E-state index in [1.807, 2.05) is 13.8 Å². The van der Waals surface area contributed by atoms with Crippen molar-refractivity contribution in [1.29, 1.82) is 0 Å². The minimum atomic E-state index is 0. The Hall–Kier alpha value is -0.830. The van der Waals surface area contributed by atoms with Gasteiger partial charge in [0.05, 0.1) is 6.54 Å². The molecule has 0 bridgehead atoms. The minimum absolute atomic E-state index is 0. The quantitative estimate of drug-likeness (QED) is 0.169. The predicted octanol–water partition coefficient (Wildman–Crippen LogP) is 1.97. The molecule has 1 aliphatic heterocycles. The predicted molar refractivity (Wildman–Crippen MR) is 117 cm³/mol. The molecule has 3 N–H and O–H groups in total. The lowest BCUT2D eigenvalue weighted by Gasteiger charge is -2.33. The number of likely N-dealkylation sites (tertiary alicyclic amines) is 1. The van der Waals surface area contributed by atoms with E-state index in [0.717, 1.165) is 45.0 Å². The number of piperidine rings is 1. The summed E-state index contributed by atoms with van der Waals surface area (Å²) in [6.45, 7) is 17.1. The molecule has 1 amide bonds. The normalized spacial score (nSPS) is 16.3. The van der Waals surface area contributed by atoms with Crippen molar-refractivity contribution in [1.82, 2.24) is 20.9 Å². The van der Waals surface area contributed by atoms with Crippen LogP contribution in [0.2, 0.25) is 0 Å². The molecule has 6 nitrogen and oxygen atoms in total. The first-order chi connectivity index (χ1) is 11.4. The van der Waals surface area contributed by atoms with Crippen LogP contribution < -0.4 is 16.0 Å². The Balaban J connectivity index is 0.00000576. The summed E-state index contributed by atoms with van der Waals surface area (Å²) in [5.41, 5.74) is 1.22. The fourth-order valence-corrected chi connectivity index (χ4v) is 2.68. The summed E-state index contributed by atoms with van der Waals surface area (Å²) < 4.78 is 0. The fourth-order valence-electron chi connectivity index (χ4n) is 2.68. The molecule has 0 radical (unpaired) electrons. The molecular formula is C18H36IN5O. The lowest BCUT2D eigenvalue weighted by atomic mass is 10.0. The molecule has 1 fully saturated rings. The van der Waals surface area contributed by atoms with Crippen molar-refractivity contribution in [2.24, 2.45) is 10.9 Å². The van der Waals surface area contributed by atoms with Gasteiger partial charge in [-0.1, -0.05) is 26.0 Å². The summed E-state index contributed by atoms with van der Waals surface area (Å²) in [6.07, 6.45) is 2.23. The molecule has 0 aromatic heterocycles. The van der Waals surface area contributed by atoms with Crippen LogP contribution in [0.5, 0.6) is 0 Å². The second-order valence-corrected chi connectivity index (χ2v) is 6.86. The third-order valence-corrected chi connectivity index (χ3v) is 3.97. The SMILES string of the molecule is C=C(C)CN1CCC(NC(=NCCNC(=O)C(C)C)NCC)CC1.I. The van der Waals surface area contributed by atoms with Crippen LogP contribution in [0.15, 0.2) is 17.1 Å². The Kier molecular flexibility index (Phi) is 12.9. The number of nitrogens with zero attached hydrogens (tertiary/aromatic N) is 2. The van der Waals surface area contributed by atoms with Gasteiger partial charge in [-0.2, -0.15) is 0 Å². The van der Waals surface area contributed by atoms with Crippen LogP contribution in [-0.2, 0) is 4.79 Å². The summed E-state index contributed by atoms with van der Waals surface area (Å²) in [5.74, 6) is 0.937. The van der Waals surface area contributed by atoms with E-state index in [-0.39, 0.29) is 35.8 Å². The molecule has 0 spiro atoms. The van der Waals surface area contributed by atoms with Crippen molar-refractivity contribution in [3.63, 3.8) is 0 Å². The maximum atomic E-state index is 11.5. The third kappa shape index (κ3) is 10.7. The fraction of sp³-hybridized carbons (Fsp3) is 0.778. The van der Waals surface area contributed by atoms with E-state index in [0.29, 0.717) is 19.1 Å². The van der Waals surface area contributed by atoms with Gasteiger partial charge in [0, 0.05) is 44.7 Å². The summed E-state index contributed by atoms with van der Waals surface area (Å²) in [5, 5.41) is 9.69. The molecule has 0 aromatic rings. The van der Waals surface area contributed by atoms with Gasteiger partial charge in [0.1, 0.15) is 0 Å². The zero-order valence-corrected chi connectivity index (χ0v) is 18.6. The monoisotopic (exact) mass is 465 g/mol. The van der Waals surface area contributed by atoms with Crippen molar-refractivity contribution in [3.8, 4) is 0 Å². The molecule has 0 unspecified atom stereocenters. The summed E-state index contributed by atoms with van der Waals surface area (Å²) in [6, 6.07) is 0.453. The number of aliphatic imine (C=N–C) groups is 1. The van der Waals surface area contributed by atoms with E-state index in [1.54, 1.807) is 0 Å². The van der Waals surface area contributed by atoms with E-state index in [9.17, 15) is 4.79 Å². The van der Waals surface area contributed by atoms with Crippen molar-refractivity contribution in [3.05, 3.63) is 12.2 Å². The molecule has 1 heterocycles. The maximum Gasteiger partial charge on any atom is 0.222 e. The van der Waals surface area contributed by atoms with E-state index in [2.05, 4.69) is 46.3 Å². The van der Waals surface area contributed by atoms with Gasteiger partial charge in [0.25, 0.3) is 0 Å². The number of nitrogens with one attached hydrogen (secondary N) is 3. The molecule has 0 saturated carbocycles. The van der Waals surface area contributed by atoms with Crippen LogP contribution in [0.1, 0.15) is 40.5 Å². The first-order valence-corrected chi connectivity index (χ1v) is 9.11. The number of halogens is 1. The van der Waals surface area contributed by atoms with Crippen molar-refractivity contribution in [2.45, 2.75) is 46.6 Å². The zero-order chi connectivity index (χ0) is 17.9. The smallest absolute Gasteiger partial charge is 0.222 e. The van der Waals surface area contributed by atoms with E-state index >= 15 is 0 Å². The van der Waals surface area contributed by atoms with Crippen LogP contribution in [-0.4, -0.2) is 62.1 Å². The van der Waals surface area contributed by atoms with Gasteiger partial charge < -0.3 is 16.0 Å². The largest absolute Gasteiger partial charge is 0.357 e. The Morgan fingerprint density at radius 2 is 1.92 bits per heavy atom. The molecule has 25 heavy (non-hydrogen) atoms. The number of carbonyl (C=O) groups excluding carboxylic acids is 1. The molecule has 7 heteroatoms. The number of rotatable bonds is 8. The van der Waals surface area contributed by atoms with E-state index < -0.39 is 0 Å². The minimum Gasteiger partial charge on any atom is -0.357 e. The summed E-state index contributed by atoms with van der Waals surface area (Å²) >= 11 is 0. The highest BCUT2D eigenvalue weighted by Crippen LogP contribution is 2.11. The van der Waals surface area contributed by atoms with Crippen LogP contribution in [0, 0.1) is 5.92 Å². The highest BCUT2D eigenvalue weighted by atomic mass is 127. The molecule has 0 atom stereocenters. The molecular weight excluding hydrogens is 429 g/mol. The van der Waals surface area contributed by atoms with Crippen molar-refractivity contribution in [2.75, 3.05) is 39.3 Å². The van der Waals surface area contributed by atoms with Crippen molar-refractivity contribution < 1.29 is 4.79 Å². The average molecular weight is 465 g/mol. The van der Waals surface area contributed by atoms with Crippen LogP contribution in [0.25, 0.3) is 0 Å². The highest BCUT2D eigenvalue weighted by Gasteiger charge is 2.19. The Morgan fingerprint density at radius 3 is 2.44 bits per heavy atom. The first kappa shape index (κ1) is 24.2. The summed E-state index contributed by atoms with van der Waals surface area (Å²) in [7, 11) is 0. The molecule has 1 rings (SSSR count). The third-order valence-electron chi connectivity index (χ3n) is 3.97. The van der Waals surface area contributed by atoms with Gasteiger partial charge in [-0.15, -0.1) is 24.0 Å².